The molecule has 0 fully saturated rings. The van der Waals surface area contributed by atoms with Gasteiger partial charge in [0, 0.05) is 36.4 Å². The quantitative estimate of drug-likeness (QED) is 0.229. The third kappa shape index (κ3) is 6.78. The lowest BCUT2D eigenvalue weighted by atomic mass is 10.1. The summed E-state index contributed by atoms with van der Waals surface area (Å²) in [5, 5.41) is 0.796. The summed E-state index contributed by atoms with van der Waals surface area (Å²) in [7, 11) is 1.60. The first-order valence-corrected chi connectivity index (χ1v) is 12.3. The van der Waals surface area contributed by atoms with Gasteiger partial charge in [0.1, 0.15) is 6.61 Å². The predicted molar refractivity (Wildman–Crippen MR) is 143 cm³/mol. The summed E-state index contributed by atoms with van der Waals surface area (Å²) in [5.74, 6) is 1.05. The van der Waals surface area contributed by atoms with Crippen LogP contribution in [0.2, 0.25) is 10.0 Å². The Morgan fingerprint density at radius 1 is 0.889 bits per heavy atom. The van der Waals surface area contributed by atoms with Gasteiger partial charge in [0.05, 0.1) is 17.7 Å². The maximum Gasteiger partial charge on any atom is 0.255 e. The second-order valence-corrected chi connectivity index (χ2v) is 9.03. The van der Waals surface area contributed by atoms with E-state index in [0.29, 0.717) is 53.2 Å². The van der Waals surface area contributed by atoms with E-state index in [0.717, 1.165) is 16.8 Å². The van der Waals surface area contributed by atoms with E-state index in [2.05, 4.69) is 4.98 Å². The van der Waals surface area contributed by atoms with E-state index in [4.69, 9.17) is 32.7 Å². The highest BCUT2D eigenvalue weighted by Crippen LogP contribution is 2.30. The number of hydrogen-bond acceptors (Lipinski definition) is 4. The average Bonchev–Trinajstić information content (AvgIpc) is 2.91. The van der Waals surface area contributed by atoms with Crippen molar-refractivity contribution in [3.05, 3.63) is 124 Å². The Morgan fingerprint density at radius 2 is 1.69 bits per heavy atom. The van der Waals surface area contributed by atoms with Crippen LogP contribution in [-0.4, -0.2) is 29.4 Å². The molecule has 0 aliphatic carbocycles. The Bertz CT molecular complexity index is 1300. The number of carbonyl (C=O) groups excluding carboxylic acids is 1. The number of aromatic nitrogens is 1. The maximum atomic E-state index is 13.5. The van der Waals surface area contributed by atoms with Gasteiger partial charge in [0.15, 0.2) is 11.5 Å². The van der Waals surface area contributed by atoms with E-state index in [-0.39, 0.29) is 5.91 Å². The lowest BCUT2D eigenvalue weighted by molar-refractivity contribution is 0.0744. The molecule has 0 atom stereocenters. The Morgan fingerprint density at radius 3 is 2.42 bits per heavy atom. The average molecular weight is 521 g/mol. The molecule has 3 aromatic carbocycles. The van der Waals surface area contributed by atoms with Gasteiger partial charge in [0.25, 0.3) is 5.91 Å². The highest BCUT2D eigenvalue weighted by Gasteiger charge is 2.20. The minimum absolute atomic E-state index is 0.184. The topological polar surface area (TPSA) is 51.7 Å². The molecule has 7 heteroatoms. The van der Waals surface area contributed by atoms with Gasteiger partial charge in [0.2, 0.25) is 0 Å². The van der Waals surface area contributed by atoms with E-state index in [1.54, 1.807) is 36.4 Å². The van der Waals surface area contributed by atoms with Crippen molar-refractivity contribution in [3.8, 4) is 11.5 Å². The van der Waals surface area contributed by atoms with E-state index in [1.807, 2.05) is 66.7 Å². The molecule has 0 radical (unpaired) electrons. The monoisotopic (exact) mass is 520 g/mol. The molecule has 1 aromatic heterocycles. The first-order valence-electron chi connectivity index (χ1n) is 11.5. The van der Waals surface area contributed by atoms with Gasteiger partial charge in [-0.15, -0.1) is 0 Å². The molecule has 1 heterocycles. The van der Waals surface area contributed by atoms with Crippen LogP contribution in [-0.2, 0) is 19.6 Å². The van der Waals surface area contributed by atoms with Crippen LogP contribution in [0, 0.1) is 0 Å². The number of nitrogens with zero attached hydrogens (tertiary/aromatic N) is 2. The molecule has 0 saturated carbocycles. The largest absolute Gasteiger partial charge is 0.493 e. The number of methoxy groups -OCH3 is 1. The summed E-state index contributed by atoms with van der Waals surface area (Å²) >= 11 is 12.4. The molecular formula is C29H26Cl2N2O3. The second kappa shape index (κ2) is 12.4. The van der Waals surface area contributed by atoms with Crippen LogP contribution in [0.15, 0.2) is 91.1 Å². The summed E-state index contributed by atoms with van der Waals surface area (Å²) in [6.07, 6.45) is 2.35. The number of halogens is 2. The summed E-state index contributed by atoms with van der Waals surface area (Å²) in [5.41, 5.74) is 3.27. The minimum atomic E-state index is -0.184. The van der Waals surface area contributed by atoms with Crippen molar-refractivity contribution in [3.63, 3.8) is 0 Å². The van der Waals surface area contributed by atoms with Crippen LogP contribution in [0.25, 0.3) is 0 Å². The van der Waals surface area contributed by atoms with Crippen molar-refractivity contribution in [2.24, 2.45) is 0 Å². The van der Waals surface area contributed by atoms with Crippen molar-refractivity contribution in [1.82, 2.24) is 9.88 Å². The molecule has 4 aromatic rings. The summed E-state index contributed by atoms with van der Waals surface area (Å²) < 4.78 is 11.6. The third-order valence-corrected chi connectivity index (χ3v) is 6.20. The van der Waals surface area contributed by atoms with Gasteiger partial charge in [-0.05, 0) is 53.6 Å². The predicted octanol–water partition coefficient (Wildman–Crippen LogP) is 6.86. The van der Waals surface area contributed by atoms with Gasteiger partial charge < -0.3 is 14.4 Å². The van der Waals surface area contributed by atoms with Crippen molar-refractivity contribution < 1.29 is 14.3 Å². The lowest BCUT2D eigenvalue weighted by Gasteiger charge is -2.24. The van der Waals surface area contributed by atoms with E-state index < -0.39 is 0 Å². The standard InChI is InChI=1S/C29H26Cl2N2O3/c1-35-28-17-22(10-13-27(28)36-20-21-7-3-2-4-8-21)19-33(16-14-24-9-5-6-15-32-24)29(34)25-12-11-23(30)18-26(25)31/h2-13,15,17-18H,14,16,19-20H2,1H3. The van der Waals surface area contributed by atoms with Crippen molar-refractivity contribution in [2.45, 2.75) is 19.6 Å². The number of benzene rings is 3. The summed E-state index contributed by atoms with van der Waals surface area (Å²) in [6, 6.07) is 26.3. The zero-order valence-corrected chi connectivity index (χ0v) is 21.4. The van der Waals surface area contributed by atoms with Crippen LogP contribution >= 0.6 is 23.2 Å². The number of amides is 1. The first kappa shape index (κ1) is 25.5. The fourth-order valence-corrected chi connectivity index (χ4v) is 4.26. The van der Waals surface area contributed by atoms with Gasteiger partial charge in [-0.1, -0.05) is 65.7 Å². The summed E-state index contributed by atoms with van der Waals surface area (Å²) in [4.78, 5) is 19.6. The van der Waals surface area contributed by atoms with Gasteiger partial charge in [-0.25, -0.2) is 0 Å². The Balaban J connectivity index is 1.54. The third-order valence-electron chi connectivity index (χ3n) is 5.65. The molecule has 184 valence electrons. The molecule has 0 aliphatic heterocycles. The second-order valence-electron chi connectivity index (χ2n) is 8.18. The van der Waals surface area contributed by atoms with Crippen LogP contribution in [0.1, 0.15) is 27.2 Å². The molecule has 4 rings (SSSR count). The normalized spacial score (nSPS) is 10.6. The zero-order chi connectivity index (χ0) is 25.3. The van der Waals surface area contributed by atoms with Crippen molar-refractivity contribution in [2.75, 3.05) is 13.7 Å². The number of carbonyl (C=O) groups is 1. The highest BCUT2D eigenvalue weighted by atomic mass is 35.5. The minimum Gasteiger partial charge on any atom is -0.493 e. The van der Waals surface area contributed by atoms with E-state index in [9.17, 15) is 4.79 Å². The van der Waals surface area contributed by atoms with Crippen LogP contribution in [0.5, 0.6) is 11.5 Å². The van der Waals surface area contributed by atoms with Crippen molar-refractivity contribution >= 4 is 29.1 Å². The molecule has 0 saturated heterocycles. The van der Waals surface area contributed by atoms with E-state index in [1.165, 1.54) is 0 Å². The fourth-order valence-electron chi connectivity index (χ4n) is 3.77. The molecule has 0 aliphatic rings. The van der Waals surface area contributed by atoms with Gasteiger partial charge >= 0.3 is 0 Å². The van der Waals surface area contributed by atoms with Gasteiger partial charge in [-0.2, -0.15) is 0 Å². The Hall–Kier alpha value is -3.54. The van der Waals surface area contributed by atoms with Gasteiger partial charge in [-0.3, -0.25) is 9.78 Å². The maximum absolute atomic E-state index is 13.5. The fraction of sp³-hybridized carbons (Fsp3) is 0.172. The zero-order valence-electron chi connectivity index (χ0n) is 19.9. The molecule has 1 amide bonds. The molecule has 0 N–H and O–H groups in total. The first-order chi connectivity index (χ1) is 17.5. The molecule has 0 spiro atoms. The number of rotatable bonds is 10. The Kier molecular flexibility index (Phi) is 8.82. The van der Waals surface area contributed by atoms with Crippen LogP contribution in [0.4, 0.5) is 0 Å². The van der Waals surface area contributed by atoms with E-state index >= 15 is 0 Å². The van der Waals surface area contributed by atoms with Crippen LogP contribution < -0.4 is 9.47 Å². The molecule has 5 nitrogen and oxygen atoms in total. The smallest absolute Gasteiger partial charge is 0.255 e. The van der Waals surface area contributed by atoms with Crippen LogP contribution in [0.3, 0.4) is 0 Å². The SMILES string of the molecule is COc1cc(CN(CCc2ccccn2)C(=O)c2ccc(Cl)cc2Cl)ccc1OCc1ccccc1. The number of pyridine rings is 1. The number of ether oxygens (including phenoxy) is 2. The summed E-state index contributed by atoms with van der Waals surface area (Å²) in [6.45, 7) is 1.25. The van der Waals surface area contributed by atoms with Crippen molar-refractivity contribution in [1.29, 1.82) is 0 Å². The molecule has 0 bridgehead atoms. The molecular weight excluding hydrogens is 495 g/mol. The lowest BCUT2D eigenvalue weighted by Crippen LogP contribution is -2.33. The Labute approximate surface area is 221 Å². The highest BCUT2D eigenvalue weighted by molar-refractivity contribution is 6.36. The molecule has 36 heavy (non-hydrogen) atoms. The number of hydrogen-bond donors (Lipinski definition) is 0. The molecule has 0 unspecified atom stereocenters.